The van der Waals surface area contributed by atoms with Gasteiger partial charge in [0.1, 0.15) is 11.6 Å². The van der Waals surface area contributed by atoms with Gasteiger partial charge in [0.15, 0.2) is 0 Å². The molecule has 10 nitrogen and oxygen atoms in total. The molecule has 0 spiro atoms. The van der Waals surface area contributed by atoms with Gasteiger partial charge in [0, 0.05) is 44.0 Å². The fourth-order valence-corrected chi connectivity index (χ4v) is 3.75. The van der Waals surface area contributed by atoms with Crippen LogP contribution in [0.5, 0.6) is 0 Å². The van der Waals surface area contributed by atoms with E-state index in [1.54, 1.807) is 45.0 Å². The van der Waals surface area contributed by atoms with E-state index in [0.29, 0.717) is 25.6 Å². The lowest BCUT2D eigenvalue weighted by Crippen LogP contribution is -2.49. The highest BCUT2D eigenvalue weighted by molar-refractivity contribution is 6.61. The molecule has 1 aromatic heterocycles. The molecular weight excluding hydrogens is 437 g/mol. The van der Waals surface area contributed by atoms with E-state index < -0.39 is 36.1 Å². The summed E-state index contributed by atoms with van der Waals surface area (Å²) in [5, 5.41) is 2.63. The first-order valence-electron chi connectivity index (χ1n) is 11.9. The predicted molar refractivity (Wildman–Crippen MR) is 130 cm³/mol. The second kappa shape index (κ2) is 9.69. The Labute approximate surface area is 202 Å². The summed E-state index contributed by atoms with van der Waals surface area (Å²) in [5.74, 6) is 0.472. The number of amides is 2. The first kappa shape index (κ1) is 26.2. The number of rotatable bonds is 4. The Balaban J connectivity index is 1.56. The van der Waals surface area contributed by atoms with Crippen molar-refractivity contribution < 1.29 is 23.6 Å². The molecule has 1 atom stereocenters. The minimum atomic E-state index is -0.670. The lowest BCUT2D eigenvalue weighted by Gasteiger charge is -2.32. The van der Waals surface area contributed by atoms with Crippen LogP contribution in [0.3, 0.4) is 0 Å². The lowest BCUT2D eigenvalue weighted by atomic mass is 9.81. The van der Waals surface area contributed by atoms with Crippen molar-refractivity contribution in [3.8, 4) is 0 Å². The molecule has 2 aliphatic heterocycles. The van der Waals surface area contributed by atoms with Gasteiger partial charge >= 0.3 is 13.2 Å². The van der Waals surface area contributed by atoms with Gasteiger partial charge in [-0.1, -0.05) is 0 Å². The summed E-state index contributed by atoms with van der Waals surface area (Å²) in [5.41, 5.74) is -0.691. The van der Waals surface area contributed by atoms with Crippen LogP contribution < -0.4 is 15.7 Å². The number of nitrogens with zero attached hydrogens (tertiary/aromatic N) is 4. The maximum atomic E-state index is 12.9. The van der Waals surface area contributed by atoms with Crippen molar-refractivity contribution in [2.24, 2.45) is 0 Å². The SMILES string of the molecule is C[C@H](NC(=O)OC(C)(C)C)C(=O)N1CCCN(c2ncc(B3OC(C)(C)C(C)(C)O3)cn2)CC1. The van der Waals surface area contributed by atoms with Crippen LogP contribution in [0.4, 0.5) is 10.7 Å². The molecule has 2 saturated heterocycles. The fraction of sp³-hybridized carbons (Fsp3) is 0.739. The molecule has 3 heterocycles. The second-order valence-corrected chi connectivity index (χ2v) is 10.9. The molecule has 0 unspecified atom stereocenters. The predicted octanol–water partition coefficient (Wildman–Crippen LogP) is 1.73. The van der Waals surface area contributed by atoms with Gasteiger partial charge in [-0.3, -0.25) is 4.79 Å². The Morgan fingerprint density at radius 1 is 1.06 bits per heavy atom. The van der Waals surface area contributed by atoms with Crippen LogP contribution in [0, 0.1) is 0 Å². The number of alkyl carbamates (subject to hydrolysis) is 1. The number of hydrogen-bond donors (Lipinski definition) is 1. The molecule has 1 aromatic rings. The summed E-state index contributed by atoms with van der Waals surface area (Å²) in [6, 6.07) is -0.670. The van der Waals surface area contributed by atoms with E-state index in [0.717, 1.165) is 18.4 Å². The average molecular weight is 475 g/mol. The zero-order chi connectivity index (χ0) is 25.3. The quantitative estimate of drug-likeness (QED) is 0.657. The van der Waals surface area contributed by atoms with Gasteiger partial charge in [-0.15, -0.1) is 0 Å². The van der Waals surface area contributed by atoms with Crippen molar-refractivity contribution in [3.05, 3.63) is 12.4 Å². The molecule has 0 bridgehead atoms. The molecule has 0 saturated carbocycles. The zero-order valence-corrected chi connectivity index (χ0v) is 21.7. The lowest BCUT2D eigenvalue weighted by molar-refractivity contribution is -0.132. The smallest absolute Gasteiger partial charge is 0.444 e. The summed E-state index contributed by atoms with van der Waals surface area (Å²) < 4.78 is 17.4. The van der Waals surface area contributed by atoms with Gasteiger partial charge in [0.25, 0.3) is 0 Å². The Bertz CT molecular complexity index is 871. The van der Waals surface area contributed by atoms with E-state index in [4.69, 9.17) is 14.0 Å². The first-order valence-corrected chi connectivity index (χ1v) is 11.9. The van der Waals surface area contributed by atoms with Crippen LogP contribution >= 0.6 is 0 Å². The average Bonchev–Trinajstić information content (AvgIpc) is 2.88. The van der Waals surface area contributed by atoms with Gasteiger partial charge in [0.05, 0.1) is 11.2 Å². The highest BCUT2D eigenvalue weighted by Gasteiger charge is 2.52. The summed E-state index contributed by atoms with van der Waals surface area (Å²) >= 11 is 0. The summed E-state index contributed by atoms with van der Waals surface area (Å²) in [7, 11) is -0.504. The summed E-state index contributed by atoms with van der Waals surface area (Å²) in [6.07, 6.45) is 3.66. The van der Waals surface area contributed by atoms with Crippen molar-refractivity contribution in [2.75, 3.05) is 31.1 Å². The van der Waals surface area contributed by atoms with Crippen LogP contribution in [0.1, 0.15) is 61.8 Å². The van der Waals surface area contributed by atoms with Crippen LogP contribution in [0.2, 0.25) is 0 Å². The van der Waals surface area contributed by atoms with Gasteiger partial charge in [-0.05, 0) is 61.8 Å². The van der Waals surface area contributed by atoms with E-state index in [1.807, 2.05) is 27.7 Å². The van der Waals surface area contributed by atoms with Crippen LogP contribution in [-0.4, -0.2) is 83.0 Å². The van der Waals surface area contributed by atoms with E-state index in [9.17, 15) is 9.59 Å². The van der Waals surface area contributed by atoms with Gasteiger partial charge in [-0.2, -0.15) is 0 Å². The van der Waals surface area contributed by atoms with Gasteiger partial charge in [0.2, 0.25) is 11.9 Å². The van der Waals surface area contributed by atoms with E-state index >= 15 is 0 Å². The third-order valence-electron chi connectivity index (χ3n) is 6.38. The van der Waals surface area contributed by atoms with Gasteiger partial charge in [-0.25, -0.2) is 14.8 Å². The van der Waals surface area contributed by atoms with E-state index in [1.165, 1.54) is 0 Å². The Morgan fingerprint density at radius 2 is 1.65 bits per heavy atom. The molecule has 3 rings (SSSR count). The van der Waals surface area contributed by atoms with Crippen LogP contribution in [0.25, 0.3) is 0 Å². The maximum Gasteiger partial charge on any atom is 0.498 e. The van der Waals surface area contributed by atoms with Crippen molar-refractivity contribution in [1.29, 1.82) is 0 Å². The topological polar surface area (TPSA) is 106 Å². The summed E-state index contributed by atoms with van der Waals surface area (Å²) in [4.78, 5) is 37.8. The van der Waals surface area contributed by atoms with Crippen molar-refractivity contribution in [1.82, 2.24) is 20.2 Å². The third-order valence-corrected chi connectivity index (χ3v) is 6.38. The van der Waals surface area contributed by atoms with Crippen molar-refractivity contribution >= 4 is 30.5 Å². The third kappa shape index (κ3) is 6.18. The van der Waals surface area contributed by atoms with Crippen molar-refractivity contribution in [3.63, 3.8) is 0 Å². The highest BCUT2D eigenvalue weighted by Crippen LogP contribution is 2.36. The van der Waals surface area contributed by atoms with Crippen molar-refractivity contribution in [2.45, 2.75) is 84.7 Å². The van der Waals surface area contributed by atoms with E-state index in [-0.39, 0.29) is 5.91 Å². The molecule has 2 fully saturated rings. The highest BCUT2D eigenvalue weighted by atomic mass is 16.7. The number of anilines is 1. The normalized spacial score (nSPS) is 21.1. The van der Waals surface area contributed by atoms with Gasteiger partial charge < -0.3 is 29.2 Å². The molecule has 1 N–H and O–H groups in total. The first-order chi connectivity index (χ1) is 15.7. The Morgan fingerprint density at radius 3 is 2.21 bits per heavy atom. The fourth-order valence-electron chi connectivity index (χ4n) is 3.75. The minimum absolute atomic E-state index is 0.135. The molecule has 2 amide bonds. The minimum Gasteiger partial charge on any atom is -0.444 e. The molecule has 34 heavy (non-hydrogen) atoms. The molecule has 2 aliphatic rings. The largest absolute Gasteiger partial charge is 0.498 e. The zero-order valence-electron chi connectivity index (χ0n) is 21.7. The monoisotopic (exact) mass is 475 g/mol. The molecule has 0 aromatic carbocycles. The molecule has 0 radical (unpaired) electrons. The molecule has 0 aliphatic carbocycles. The molecule has 188 valence electrons. The maximum absolute atomic E-state index is 12.9. The number of hydrogen-bond acceptors (Lipinski definition) is 8. The molecule has 11 heteroatoms. The number of aromatic nitrogens is 2. The van der Waals surface area contributed by atoms with Crippen LogP contribution in [-0.2, 0) is 18.8 Å². The Kier molecular flexibility index (Phi) is 7.47. The number of carbonyl (C=O) groups is 2. The second-order valence-electron chi connectivity index (χ2n) is 10.9. The number of nitrogens with one attached hydrogen (secondary N) is 1. The summed E-state index contributed by atoms with van der Waals surface area (Å²) in [6.45, 7) is 17.5. The number of ether oxygens (including phenoxy) is 1. The molecular formula is C23H38BN5O5. The Hall–Kier alpha value is -2.40. The van der Waals surface area contributed by atoms with Crippen LogP contribution in [0.15, 0.2) is 12.4 Å². The standard InChI is InChI=1S/C23H38BN5O5/c1-16(27-20(31)32-21(2,3)4)18(30)28-10-9-11-29(13-12-28)19-25-14-17(15-26-19)24-33-22(5,6)23(7,8)34-24/h14-16H,9-13H2,1-8H3,(H,27,31)/t16-/m0/s1. The number of carbonyl (C=O) groups excluding carboxylic acids is 2. The van der Waals surface area contributed by atoms with E-state index in [2.05, 4.69) is 20.2 Å².